The summed E-state index contributed by atoms with van der Waals surface area (Å²) >= 11 is 1.52. The molecule has 1 saturated heterocycles. The van der Waals surface area contributed by atoms with Crippen molar-refractivity contribution in [2.75, 3.05) is 6.61 Å². The van der Waals surface area contributed by atoms with E-state index in [0.29, 0.717) is 0 Å². The van der Waals surface area contributed by atoms with Crippen molar-refractivity contribution in [2.24, 2.45) is 0 Å². The maximum atomic E-state index is 11.0. The molecule has 1 aromatic heterocycles. The lowest BCUT2D eigenvalue weighted by atomic mass is 10.6. The molecular weight excluding hydrogens is 162 g/mol. The predicted octanol–water partition coefficient (Wildman–Crippen LogP) is -0.0847. The van der Waals surface area contributed by atoms with Crippen LogP contribution < -0.4 is 9.25 Å². The number of carbonyl (C=O) groups excluding carboxylic acids is 1. The van der Waals surface area contributed by atoms with Gasteiger partial charge >= 0.3 is 5.91 Å². The molecule has 1 aromatic rings. The van der Waals surface area contributed by atoms with Crippen LogP contribution in [-0.2, 0) is 9.53 Å². The van der Waals surface area contributed by atoms with Gasteiger partial charge in [-0.2, -0.15) is 6.07 Å². The molecule has 0 radical (unpaired) electrons. The van der Waals surface area contributed by atoms with E-state index in [1.54, 1.807) is 0 Å². The van der Waals surface area contributed by atoms with E-state index in [4.69, 9.17) is 4.74 Å². The van der Waals surface area contributed by atoms with Gasteiger partial charge in [0.2, 0.25) is 0 Å². The summed E-state index contributed by atoms with van der Waals surface area (Å²) in [6.07, 6.45) is 0. The van der Waals surface area contributed by atoms with Crippen LogP contribution in [0.15, 0.2) is 17.5 Å². The SMILES string of the molecule is O=C1CO[CH-][N+]1=c1cc[cH-]s1. The summed E-state index contributed by atoms with van der Waals surface area (Å²) in [4.78, 5) is 11.0. The van der Waals surface area contributed by atoms with E-state index < -0.39 is 0 Å². The molecule has 1 aliphatic heterocycles. The van der Waals surface area contributed by atoms with Crippen LogP contribution in [0.2, 0.25) is 0 Å². The van der Waals surface area contributed by atoms with Crippen LogP contribution in [0, 0.1) is 6.73 Å². The number of carbonyl (C=O) groups is 1. The third-order valence-corrected chi connectivity index (χ3v) is 2.27. The Hall–Kier alpha value is -1.000. The molecule has 0 spiro atoms. The highest BCUT2D eigenvalue weighted by Crippen LogP contribution is 1.96. The minimum atomic E-state index is -0.00699. The molecule has 11 heavy (non-hydrogen) atoms. The minimum absolute atomic E-state index is 0.00699. The second-order valence-electron chi connectivity index (χ2n) is 2.13. The van der Waals surface area contributed by atoms with Crippen LogP contribution in [0.25, 0.3) is 0 Å². The van der Waals surface area contributed by atoms with Crippen molar-refractivity contribution < 1.29 is 9.53 Å². The van der Waals surface area contributed by atoms with Gasteiger partial charge in [-0.05, 0) is 0 Å². The van der Waals surface area contributed by atoms with Gasteiger partial charge in [-0.3, -0.25) is 9.37 Å². The van der Waals surface area contributed by atoms with Crippen LogP contribution in [0.5, 0.6) is 0 Å². The molecule has 2 heterocycles. The first-order valence-electron chi connectivity index (χ1n) is 3.18. The minimum Gasteiger partial charge on any atom is -0.357 e. The number of ether oxygens (including phenoxy) is 1. The molecule has 3 nitrogen and oxygen atoms in total. The predicted molar refractivity (Wildman–Crippen MR) is 40.4 cm³/mol. The van der Waals surface area contributed by atoms with Crippen molar-refractivity contribution in [1.82, 2.24) is 4.58 Å². The Morgan fingerprint density at radius 1 is 1.73 bits per heavy atom. The highest BCUT2D eigenvalue weighted by molar-refractivity contribution is 7.07. The fourth-order valence-electron chi connectivity index (χ4n) is 0.893. The van der Waals surface area contributed by atoms with Crippen molar-refractivity contribution >= 4 is 17.2 Å². The molecule has 4 heteroatoms. The van der Waals surface area contributed by atoms with Gasteiger partial charge in [-0.1, -0.05) is 0 Å². The average Bonchev–Trinajstić information content (AvgIpc) is 2.55. The molecule has 1 aliphatic rings. The second kappa shape index (κ2) is 2.56. The summed E-state index contributed by atoms with van der Waals surface area (Å²) < 4.78 is 7.28. The van der Waals surface area contributed by atoms with Gasteiger partial charge in [0.05, 0.1) is 4.67 Å². The number of hydrogen-bond donors (Lipinski definition) is 0. The molecule has 58 valence electrons. The van der Waals surface area contributed by atoms with E-state index in [2.05, 4.69) is 0 Å². The van der Waals surface area contributed by atoms with Crippen LogP contribution in [0.1, 0.15) is 0 Å². The Morgan fingerprint density at radius 2 is 2.64 bits per heavy atom. The molecular formula is C7H6NO2S-. The smallest absolute Gasteiger partial charge is 0.309 e. The van der Waals surface area contributed by atoms with Crippen LogP contribution >= 0.6 is 11.3 Å². The van der Waals surface area contributed by atoms with Gasteiger partial charge in [0, 0.05) is 0 Å². The Labute approximate surface area is 67.5 Å². The molecule has 0 bridgehead atoms. The molecule has 0 aromatic carbocycles. The topological polar surface area (TPSA) is 29.3 Å². The third kappa shape index (κ3) is 1.10. The maximum Gasteiger partial charge on any atom is 0.309 e. The molecule has 1 amide bonds. The molecule has 0 atom stereocenters. The average molecular weight is 168 g/mol. The lowest BCUT2D eigenvalue weighted by Gasteiger charge is -1.92. The number of amides is 1. The van der Waals surface area contributed by atoms with E-state index in [9.17, 15) is 4.79 Å². The lowest BCUT2D eigenvalue weighted by Crippen LogP contribution is -2.26. The Bertz CT molecular complexity index is 319. The highest BCUT2D eigenvalue weighted by atomic mass is 32.1. The zero-order chi connectivity index (χ0) is 7.68. The normalized spacial score (nSPS) is 22.0. The van der Waals surface area contributed by atoms with Gasteiger partial charge in [-0.15, -0.1) is 11.4 Å². The summed E-state index contributed by atoms with van der Waals surface area (Å²) in [5.74, 6) is -0.00699. The second-order valence-corrected chi connectivity index (χ2v) is 3.06. The molecule has 0 aliphatic carbocycles. The van der Waals surface area contributed by atoms with Crippen molar-refractivity contribution in [3.63, 3.8) is 0 Å². The Morgan fingerprint density at radius 3 is 3.18 bits per heavy atom. The first-order chi connectivity index (χ1) is 5.38. The maximum absolute atomic E-state index is 11.0. The quantitative estimate of drug-likeness (QED) is 0.400. The summed E-state index contributed by atoms with van der Waals surface area (Å²) in [6.45, 7) is 1.62. The van der Waals surface area contributed by atoms with Gasteiger partial charge in [0.1, 0.15) is 6.61 Å². The summed E-state index contributed by atoms with van der Waals surface area (Å²) in [7, 11) is 0. The molecule has 0 saturated carbocycles. The van der Waals surface area contributed by atoms with Crippen molar-refractivity contribution in [3.8, 4) is 0 Å². The van der Waals surface area contributed by atoms with Gasteiger partial charge in [-0.25, -0.2) is 11.3 Å². The van der Waals surface area contributed by atoms with E-state index in [1.165, 1.54) is 22.6 Å². The van der Waals surface area contributed by atoms with Crippen LogP contribution in [0.3, 0.4) is 0 Å². The third-order valence-electron chi connectivity index (χ3n) is 1.40. The van der Waals surface area contributed by atoms with E-state index in [0.717, 1.165) is 4.67 Å². The van der Waals surface area contributed by atoms with Gasteiger partial charge < -0.3 is 4.74 Å². The first-order valence-corrected chi connectivity index (χ1v) is 4.06. The molecule has 0 N–H and O–H groups in total. The standard InChI is InChI=1S/C7H6NO2S/c9-6-4-10-5-8(6)7-2-1-3-11-7/h1-3,5H,4H2/q-1. The fraction of sp³-hybridized carbons (Fsp3) is 0.143. The van der Waals surface area contributed by atoms with Crippen molar-refractivity contribution in [2.45, 2.75) is 0 Å². The first kappa shape index (κ1) is 6.69. The molecule has 0 unspecified atom stereocenters. The van der Waals surface area contributed by atoms with E-state index in [1.807, 2.05) is 17.5 Å². The Kier molecular flexibility index (Phi) is 1.56. The fourth-order valence-corrected chi connectivity index (χ4v) is 1.61. The van der Waals surface area contributed by atoms with Crippen molar-refractivity contribution in [3.05, 3.63) is 28.9 Å². The van der Waals surface area contributed by atoms with Crippen LogP contribution in [-0.4, -0.2) is 12.5 Å². The lowest BCUT2D eigenvalue weighted by molar-refractivity contribution is -0.120. The monoisotopic (exact) mass is 168 g/mol. The van der Waals surface area contributed by atoms with Gasteiger partial charge in [0.15, 0.2) is 6.73 Å². The zero-order valence-corrected chi connectivity index (χ0v) is 6.50. The van der Waals surface area contributed by atoms with E-state index >= 15 is 0 Å². The summed E-state index contributed by atoms with van der Waals surface area (Å²) in [5.41, 5.74) is 0. The number of thiophene rings is 1. The highest BCUT2D eigenvalue weighted by Gasteiger charge is 2.16. The van der Waals surface area contributed by atoms with Crippen LogP contribution in [0.4, 0.5) is 0 Å². The number of hydrogen-bond acceptors (Lipinski definition) is 3. The summed E-state index contributed by atoms with van der Waals surface area (Å²) in [6, 6.07) is 3.78. The summed E-state index contributed by atoms with van der Waals surface area (Å²) in [5, 5.41) is 1.93. The van der Waals surface area contributed by atoms with Gasteiger partial charge in [0.25, 0.3) is 0 Å². The largest absolute Gasteiger partial charge is 0.357 e. The molecule has 1 fully saturated rings. The number of rotatable bonds is 0. The van der Waals surface area contributed by atoms with Crippen molar-refractivity contribution in [1.29, 1.82) is 0 Å². The Balaban J connectivity index is 2.56. The van der Waals surface area contributed by atoms with E-state index in [-0.39, 0.29) is 12.5 Å². The number of nitrogens with zero attached hydrogens (tertiary/aromatic N) is 1. The molecule has 2 rings (SSSR count). The zero-order valence-electron chi connectivity index (χ0n) is 5.69.